The third-order valence-electron chi connectivity index (χ3n) is 2.20. The standard InChI is InChI=1S/C12H15ClF3NO2/c1-11(2,3)19-6-8(18)7-4-5-9(12(14,15)16)17-10(7)13/h4-5,8,18H,6H2,1-3H3. The van der Waals surface area contributed by atoms with E-state index in [1.807, 2.05) is 0 Å². The Morgan fingerprint density at radius 2 is 1.89 bits per heavy atom. The number of ether oxygens (including phenoxy) is 1. The van der Waals surface area contributed by atoms with E-state index in [9.17, 15) is 18.3 Å². The van der Waals surface area contributed by atoms with Crippen molar-refractivity contribution in [3.8, 4) is 0 Å². The van der Waals surface area contributed by atoms with Crippen molar-refractivity contribution in [2.75, 3.05) is 6.61 Å². The Morgan fingerprint density at radius 1 is 1.32 bits per heavy atom. The predicted octanol–water partition coefficient (Wildman–Crippen LogP) is 3.60. The quantitative estimate of drug-likeness (QED) is 0.867. The van der Waals surface area contributed by atoms with E-state index in [-0.39, 0.29) is 17.3 Å². The van der Waals surface area contributed by atoms with Gasteiger partial charge in [0.2, 0.25) is 0 Å². The average molecular weight is 298 g/mol. The zero-order chi connectivity index (χ0) is 14.8. The molecule has 7 heteroatoms. The van der Waals surface area contributed by atoms with E-state index in [1.165, 1.54) is 0 Å². The highest BCUT2D eigenvalue weighted by molar-refractivity contribution is 6.30. The highest BCUT2D eigenvalue weighted by Gasteiger charge is 2.33. The molecule has 1 heterocycles. The summed E-state index contributed by atoms with van der Waals surface area (Å²) in [5.74, 6) is 0. The number of halogens is 4. The van der Waals surface area contributed by atoms with Gasteiger partial charge in [-0.15, -0.1) is 0 Å². The molecule has 0 bridgehead atoms. The molecule has 108 valence electrons. The van der Waals surface area contributed by atoms with Crippen LogP contribution in [0.1, 0.15) is 38.1 Å². The molecule has 0 saturated carbocycles. The molecule has 0 radical (unpaired) electrons. The topological polar surface area (TPSA) is 42.4 Å². The lowest BCUT2D eigenvalue weighted by atomic mass is 10.1. The van der Waals surface area contributed by atoms with Crippen LogP contribution in [0.5, 0.6) is 0 Å². The highest BCUT2D eigenvalue weighted by atomic mass is 35.5. The van der Waals surface area contributed by atoms with E-state index in [0.717, 1.165) is 12.1 Å². The zero-order valence-corrected chi connectivity index (χ0v) is 11.5. The van der Waals surface area contributed by atoms with Crippen molar-refractivity contribution in [2.45, 2.75) is 38.7 Å². The maximum Gasteiger partial charge on any atom is 0.433 e. The van der Waals surface area contributed by atoms with Crippen molar-refractivity contribution in [3.63, 3.8) is 0 Å². The fourth-order valence-corrected chi connectivity index (χ4v) is 1.55. The lowest BCUT2D eigenvalue weighted by Crippen LogP contribution is -2.23. The van der Waals surface area contributed by atoms with Crippen LogP contribution in [-0.4, -0.2) is 22.3 Å². The van der Waals surface area contributed by atoms with Gasteiger partial charge >= 0.3 is 6.18 Å². The summed E-state index contributed by atoms with van der Waals surface area (Å²) in [4.78, 5) is 3.23. The summed E-state index contributed by atoms with van der Waals surface area (Å²) in [5.41, 5.74) is -1.45. The molecular formula is C12H15ClF3NO2. The first kappa shape index (κ1) is 16.2. The maximum atomic E-state index is 12.4. The van der Waals surface area contributed by atoms with Crippen molar-refractivity contribution in [1.29, 1.82) is 0 Å². The maximum absolute atomic E-state index is 12.4. The van der Waals surface area contributed by atoms with E-state index in [1.54, 1.807) is 20.8 Å². The molecule has 0 aliphatic rings. The molecule has 0 aliphatic carbocycles. The summed E-state index contributed by atoms with van der Waals surface area (Å²) in [7, 11) is 0. The van der Waals surface area contributed by atoms with Gasteiger partial charge in [0.1, 0.15) is 17.0 Å². The van der Waals surface area contributed by atoms with E-state index in [2.05, 4.69) is 4.98 Å². The first-order chi connectivity index (χ1) is 8.50. The minimum Gasteiger partial charge on any atom is -0.386 e. The predicted molar refractivity (Wildman–Crippen MR) is 64.9 cm³/mol. The van der Waals surface area contributed by atoms with Gasteiger partial charge in [0, 0.05) is 5.56 Å². The average Bonchev–Trinajstić information content (AvgIpc) is 2.23. The highest BCUT2D eigenvalue weighted by Crippen LogP contribution is 2.31. The molecule has 1 N–H and O–H groups in total. The second kappa shape index (κ2) is 5.64. The Bertz CT molecular complexity index is 444. The lowest BCUT2D eigenvalue weighted by molar-refractivity contribution is -0.141. The molecule has 1 atom stereocenters. The molecule has 0 saturated heterocycles. The van der Waals surface area contributed by atoms with Crippen LogP contribution in [0, 0.1) is 0 Å². The van der Waals surface area contributed by atoms with E-state index < -0.39 is 23.6 Å². The molecule has 0 spiro atoms. The Hall–Kier alpha value is -0.850. The summed E-state index contributed by atoms with van der Waals surface area (Å²) in [6.45, 7) is 5.32. The van der Waals surface area contributed by atoms with Crippen LogP contribution in [0.25, 0.3) is 0 Å². The van der Waals surface area contributed by atoms with Crippen molar-refractivity contribution in [1.82, 2.24) is 4.98 Å². The Labute approximate surface area is 114 Å². The van der Waals surface area contributed by atoms with Crippen LogP contribution < -0.4 is 0 Å². The van der Waals surface area contributed by atoms with Gasteiger partial charge in [-0.05, 0) is 26.8 Å². The van der Waals surface area contributed by atoms with Gasteiger partial charge in [-0.25, -0.2) is 4.98 Å². The molecule has 0 aromatic carbocycles. The first-order valence-corrected chi connectivity index (χ1v) is 5.94. The Kier molecular flexibility index (Phi) is 4.81. The molecule has 1 aromatic heterocycles. The third kappa shape index (κ3) is 4.97. The number of alkyl halides is 3. The molecule has 1 unspecified atom stereocenters. The number of aliphatic hydroxyl groups excluding tert-OH is 1. The monoisotopic (exact) mass is 297 g/mol. The lowest BCUT2D eigenvalue weighted by Gasteiger charge is -2.22. The largest absolute Gasteiger partial charge is 0.433 e. The van der Waals surface area contributed by atoms with Crippen molar-refractivity contribution in [2.24, 2.45) is 0 Å². The van der Waals surface area contributed by atoms with Crippen LogP contribution in [0.4, 0.5) is 13.2 Å². The third-order valence-corrected chi connectivity index (χ3v) is 2.50. The summed E-state index contributed by atoms with van der Waals surface area (Å²) < 4.78 is 42.5. The van der Waals surface area contributed by atoms with Crippen LogP contribution in [-0.2, 0) is 10.9 Å². The van der Waals surface area contributed by atoms with Crippen LogP contribution in [0.15, 0.2) is 12.1 Å². The van der Waals surface area contributed by atoms with Gasteiger partial charge in [-0.3, -0.25) is 0 Å². The van der Waals surface area contributed by atoms with Gasteiger partial charge < -0.3 is 9.84 Å². The van der Waals surface area contributed by atoms with Crippen LogP contribution >= 0.6 is 11.6 Å². The number of rotatable bonds is 3. The fourth-order valence-electron chi connectivity index (χ4n) is 1.27. The van der Waals surface area contributed by atoms with Gasteiger partial charge in [0.05, 0.1) is 12.2 Å². The fraction of sp³-hybridized carbons (Fsp3) is 0.583. The zero-order valence-electron chi connectivity index (χ0n) is 10.8. The number of aliphatic hydroxyl groups is 1. The second-order valence-corrected chi connectivity index (χ2v) is 5.37. The van der Waals surface area contributed by atoms with Crippen LogP contribution in [0.3, 0.4) is 0 Å². The van der Waals surface area contributed by atoms with Gasteiger partial charge in [-0.1, -0.05) is 17.7 Å². The first-order valence-electron chi connectivity index (χ1n) is 5.56. The minimum absolute atomic E-state index is 0.0732. The van der Waals surface area contributed by atoms with E-state index in [0.29, 0.717) is 0 Å². The van der Waals surface area contributed by atoms with Crippen molar-refractivity contribution >= 4 is 11.6 Å². The summed E-state index contributed by atoms with van der Waals surface area (Å²) in [6, 6.07) is 1.89. The van der Waals surface area contributed by atoms with Gasteiger partial charge in [0.25, 0.3) is 0 Å². The van der Waals surface area contributed by atoms with Crippen molar-refractivity contribution in [3.05, 3.63) is 28.5 Å². The number of nitrogens with zero attached hydrogens (tertiary/aromatic N) is 1. The molecule has 0 aliphatic heterocycles. The minimum atomic E-state index is -4.56. The molecule has 3 nitrogen and oxygen atoms in total. The van der Waals surface area contributed by atoms with E-state index >= 15 is 0 Å². The molecular weight excluding hydrogens is 283 g/mol. The van der Waals surface area contributed by atoms with Gasteiger partial charge in [-0.2, -0.15) is 13.2 Å². The summed E-state index contributed by atoms with van der Waals surface area (Å²) in [6.07, 6.45) is -5.68. The molecule has 1 rings (SSSR count). The van der Waals surface area contributed by atoms with Crippen LogP contribution in [0.2, 0.25) is 5.15 Å². The Balaban J connectivity index is 2.85. The van der Waals surface area contributed by atoms with E-state index in [4.69, 9.17) is 16.3 Å². The Morgan fingerprint density at radius 3 is 2.32 bits per heavy atom. The number of hydrogen-bond donors (Lipinski definition) is 1. The number of hydrogen-bond acceptors (Lipinski definition) is 3. The molecule has 19 heavy (non-hydrogen) atoms. The van der Waals surface area contributed by atoms with Crippen molar-refractivity contribution < 1.29 is 23.0 Å². The number of pyridine rings is 1. The second-order valence-electron chi connectivity index (χ2n) is 5.01. The summed E-state index contributed by atoms with van der Waals surface area (Å²) >= 11 is 5.65. The molecule has 0 amide bonds. The normalized spacial score (nSPS) is 14.5. The number of aromatic nitrogens is 1. The molecule has 1 aromatic rings. The molecule has 0 fully saturated rings. The summed E-state index contributed by atoms with van der Waals surface area (Å²) in [5, 5.41) is 9.45. The van der Waals surface area contributed by atoms with Gasteiger partial charge in [0.15, 0.2) is 0 Å². The SMILES string of the molecule is CC(C)(C)OCC(O)c1ccc(C(F)(F)F)nc1Cl. The smallest absolute Gasteiger partial charge is 0.386 e.